The van der Waals surface area contributed by atoms with Crippen molar-refractivity contribution >= 4 is 17.8 Å². The van der Waals surface area contributed by atoms with E-state index in [-0.39, 0.29) is 9.52 Å². The predicted octanol–water partition coefficient (Wildman–Crippen LogP) is 0.585. The zero-order valence-electron chi connectivity index (χ0n) is 6.41. The van der Waals surface area contributed by atoms with E-state index in [1.54, 1.807) is 0 Å². The van der Waals surface area contributed by atoms with Gasteiger partial charge < -0.3 is 4.98 Å². The minimum Gasteiger partial charge on any atom is -0.341 e. The van der Waals surface area contributed by atoms with Crippen LogP contribution in [0.5, 0.6) is 0 Å². The molecule has 0 aliphatic heterocycles. The first-order valence-electron chi connectivity index (χ1n) is 3.31. The molecule has 0 aromatic carbocycles. The third-order valence-corrected chi connectivity index (χ3v) is 3.47. The van der Waals surface area contributed by atoms with E-state index < -0.39 is 8.24 Å². The van der Waals surface area contributed by atoms with Crippen LogP contribution in [0.1, 0.15) is 0 Å². The predicted molar refractivity (Wildman–Crippen MR) is 45.8 cm³/mol. The maximum atomic E-state index is 3.57. The van der Waals surface area contributed by atoms with Crippen LogP contribution < -0.4 is 4.98 Å². The lowest BCUT2D eigenvalue weighted by molar-refractivity contribution is 1.10. The highest BCUT2D eigenvalue weighted by Crippen LogP contribution is 1.91. The van der Waals surface area contributed by atoms with Crippen molar-refractivity contribution in [1.82, 2.24) is 4.98 Å². The fourth-order valence-electron chi connectivity index (χ4n) is 0.500. The van der Waals surface area contributed by atoms with Crippen LogP contribution in [-0.2, 0) is 0 Å². The van der Waals surface area contributed by atoms with Crippen LogP contribution in [0, 0.1) is 0 Å². The Morgan fingerprint density at radius 3 is 2.00 bits per heavy atom. The SMILES string of the molecule is C[SiH2]CN[Si](C)(C)C. The zero-order chi connectivity index (χ0) is 6.62. The van der Waals surface area contributed by atoms with Crippen LogP contribution in [0.15, 0.2) is 0 Å². The smallest absolute Gasteiger partial charge is 0.116 e. The van der Waals surface area contributed by atoms with E-state index in [2.05, 4.69) is 31.2 Å². The van der Waals surface area contributed by atoms with Crippen LogP contribution in [-0.4, -0.2) is 23.9 Å². The molecule has 0 unspecified atom stereocenters. The summed E-state index contributed by atoms with van der Waals surface area (Å²) in [6, 6.07) is 0. The molecule has 3 heteroatoms. The van der Waals surface area contributed by atoms with Gasteiger partial charge in [0.25, 0.3) is 0 Å². The van der Waals surface area contributed by atoms with E-state index in [0.717, 1.165) is 0 Å². The molecule has 0 aliphatic carbocycles. The lowest BCUT2D eigenvalue weighted by Crippen LogP contribution is -2.42. The van der Waals surface area contributed by atoms with Crippen molar-refractivity contribution in [2.24, 2.45) is 0 Å². The molecule has 0 saturated heterocycles. The molecule has 0 rings (SSSR count). The molecule has 50 valence electrons. The van der Waals surface area contributed by atoms with Gasteiger partial charge in [-0.3, -0.25) is 0 Å². The van der Waals surface area contributed by atoms with Gasteiger partial charge in [-0.15, -0.1) is 0 Å². The first kappa shape index (κ1) is 8.39. The van der Waals surface area contributed by atoms with Crippen molar-refractivity contribution in [1.29, 1.82) is 0 Å². The van der Waals surface area contributed by atoms with Crippen molar-refractivity contribution in [3.8, 4) is 0 Å². The Balaban J connectivity index is 3.11. The van der Waals surface area contributed by atoms with Crippen LogP contribution >= 0.6 is 0 Å². The summed E-state index contributed by atoms with van der Waals surface area (Å²) in [6.07, 6.45) is 1.33. The number of hydrogen-bond acceptors (Lipinski definition) is 1. The van der Waals surface area contributed by atoms with Crippen molar-refractivity contribution in [3.63, 3.8) is 0 Å². The second-order valence-corrected chi connectivity index (χ2v) is 9.53. The molecular weight excluding hydrogens is 130 g/mol. The molecule has 0 amide bonds. The molecule has 1 N–H and O–H groups in total. The molecule has 0 bridgehead atoms. The minimum atomic E-state index is -0.893. The molecule has 0 atom stereocenters. The standard InChI is InChI=1S/C5H17NSi2/c1-7-5-6-8(2,3)4/h6H,5,7H2,1-4H3. The Kier molecular flexibility index (Phi) is 3.59. The second kappa shape index (κ2) is 3.43. The lowest BCUT2D eigenvalue weighted by Gasteiger charge is -2.16. The molecule has 0 saturated carbocycles. The van der Waals surface area contributed by atoms with Gasteiger partial charge in [0, 0.05) is 9.52 Å². The van der Waals surface area contributed by atoms with Crippen molar-refractivity contribution < 1.29 is 0 Å². The average molecular weight is 147 g/mol. The van der Waals surface area contributed by atoms with Crippen LogP contribution in [0.4, 0.5) is 0 Å². The van der Waals surface area contributed by atoms with Gasteiger partial charge in [0.15, 0.2) is 0 Å². The molecule has 0 fully saturated rings. The average Bonchev–Trinajstić information content (AvgIpc) is 1.59. The normalized spacial score (nSPS) is 13.5. The maximum Gasteiger partial charge on any atom is 0.116 e. The largest absolute Gasteiger partial charge is 0.341 e. The summed E-state index contributed by atoms with van der Waals surface area (Å²) in [4.78, 5) is 3.57. The Labute approximate surface area is 55.8 Å². The molecule has 8 heavy (non-hydrogen) atoms. The molecule has 0 aliphatic rings. The highest BCUT2D eigenvalue weighted by atomic mass is 28.3. The highest BCUT2D eigenvalue weighted by Gasteiger charge is 2.09. The summed E-state index contributed by atoms with van der Waals surface area (Å²) < 4.78 is 0. The number of hydrogen-bond donors (Lipinski definition) is 1. The second-order valence-electron chi connectivity index (χ2n) is 3.18. The molecule has 0 spiro atoms. The van der Waals surface area contributed by atoms with E-state index in [1.165, 1.54) is 6.17 Å². The van der Waals surface area contributed by atoms with Crippen LogP contribution in [0.25, 0.3) is 0 Å². The van der Waals surface area contributed by atoms with Gasteiger partial charge in [0.2, 0.25) is 0 Å². The molecule has 0 aromatic rings. The molecule has 0 radical (unpaired) electrons. The van der Waals surface area contributed by atoms with E-state index in [0.29, 0.717) is 0 Å². The zero-order valence-corrected chi connectivity index (χ0v) is 8.83. The van der Waals surface area contributed by atoms with E-state index in [4.69, 9.17) is 0 Å². The van der Waals surface area contributed by atoms with Crippen LogP contribution in [0.2, 0.25) is 26.2 Å². The third-order valence-electron chi connectivity index (χ3n) is 0.905. The topological polar surface area (TPSA) is 12.0 Å². The van der Waals surface area contributed by atoms with Gasteiger partial charge in [0.05, 0.1) is 0 Å². The van der Waals surface area contributed by atoms with Gasteiger partial charge in [-0.05, 0) is 6.17 Å². The summed E-state index contributed by atoms with van der Waals surface area (Å²) in [5, 5.41) is 0. The quantitative estimate of drug-likeness (QED) is 0.576. The van der Waals surface area contributed by atoms with Gasteiger partial charge in [-0.1, -0.05) is 26.2 Å². The number of rotatable bonds is 3. The van der Waals surface area contributed by atoms with Gasteiger partial charge >= 0.3 is 0 Å². The Bertz CT molecular complexity index is 57.9. The molecule has 0 aromatic heterocycles. The third kappa shape index (κ3) is 6.39. The molecule has 0 heterocycles. The summed E-state index contributed by atoms with van der Waals surface area (Å²) in [7, 11) is -0.636. The van der Waals surface area contributed by atoms with Gasteiger partial charge in [0.1, 0.15) is 8.24 Å². The van der Waals surface area contributed by atoms with Crippen molar-refractivity contribution in [2.75, 3.05) is 6.17 Å². The first-order valence-corrected chi connectivity index (χ1v) is 9.22. The van der Waals surface area contributed by atoms with E-state index in [9.17, 15) is 0 Å². The Morgan fingerprint density at radius 1 is 1.38 bits per heavy atom. The highest BCUT2D eigenvalue weighted by molar-refractivity contribution is 6.74. The first-order chi connectivity index (χ1) is 3.56. The van der Waals surface area contributed by atoms with Gasteiger partial charge in [-0.2, -0.15) is 0 Å². The lowest BCUT2D eigenvalue weighted by atomic mass is 11.5. The van der Waals surface area contributed by atoms with E-state index >= 15 is 0 Å². The van der Waals surface area contributed by atoms with Gasteiger partial charge in [-0.25, -0.2) is 0 Å². The van der Waals surface area contributed by atoms with Crippen molar-refractivity contribution in [2.45, 2.75) is 26.2 Å². The summed E-state index contributed by atoms with van der Waals surface area (Å²) in [5.74, 6) is 0. The monoisotopic (exact) mass is 147 g/mol. The molecular formula is C5H17NSi2. The fraction of sp³-hybridized carbons (Fsp3) is 1.00. The Morgan fingerprint density at radius 2 is 1.88 bits per heavy atom. The summed E-state index contributed by atoms with van der Waals surface area (Å²) in [6.45, 7) is 9.37. The minimum absolute atomic E-state index is 0.258. The summed E-state index contributed by atoms with van der Waals surface area (Å²) in [5.41, 5.74) is 0. The Hall–Kier alpha value is 0.394. The van der Waals surface area contributed by atoms with E-state index in [1.807, 2.05) is 0 Å². The number of nitrogens with one attached hydrogen (secondary N) is 1. The van der Waals surface area contributed by atoms with Crippen molar-refractivity contribution in [3.05, 3.63) is 0 Å². The summed E-state index contributed by atoms with van der Waals surface area (Å²) >= 11 is 0. The fourth-order valence-corrected chi connectivity index (χ4v) is 4.50. The molecule has 1 nitrogen and oxygen atoms in total. The maximum absolute atomic E-state index is 3.57. The van der Waals surface area contributed by atoms with Crippen LogP contribution in [0.3, 0.4) is 0 Å².